The summed E-state index contributed by atoms with van der Waals surface area (Å²) < 4.78 is 12.5. The number of aliphatic hydroxyl groups excluding tert-OH is 1. The van der Waals surface area contributed by atoms with Gasteiger partial charge in [-0.15, -0.1) is 0 Å². The van der Waals surface area contributed by atoms with Crippen LogP contribution < -0.4 is 20.9 Å². The third-order valence-electron chi connectivity index (χ3n) is 8.97. The van der Waals surface area contributed by atoms with E-state index in [9.17, 15) is 9.90 Å². The summed E-state index contributed by atoms with van der Waals surface area (Å²) in [6, 6.07) is 15.3. The van der Waals surface area contributed by atoms with Crippen molar-refractivity contribution >= 4 is 45.5 Å². The van der Waals surface area contributed by atoms with Gasteiger partial charge in [-0.05, 0) is 49.9 Å². The molecule has 242 valence electrons. The topological polar surface area (TPSA) is 123 Å². The Morgan fingerprint density at radius 3 is 2.60 bits per heavy atom. The lowest BCUT2D eigenvalue weighted by molar-refractivity contribution is -0.0304. The fraction of sp³-hybridized carbons (Fsp3) is 0.314. The summed E-state index contributed by atoms with van der Waals surface area (Å²) in [5.41, 5.74) is 6.09. The van der Waals surface area contributed by atoms with Crippen molar-refractivity contribution in [2.24, 2.45) is 7.05 Å². The Morgan fingerprint density at radius 2 is 1.81 bits per heavy atom. The van der Waals surface area contributed by atoms with Crippen LogP contribution in [0.2, 0.25) is 10.0 Å². The van der Waals surface area contributed by atoms with E-state index < -0.39 is 6.10 Å². The Morgan fingerprint density at radius 1 is 1.04 bits per heavy atom. The van der Waals surface area contributed by atoms with Gasteiger partial charge in [0.2, 0.25) is 5.88 Å². The molecule has 0 saturated carbocycles. The van der Waals surface area contributed by atoms with E-state index in [-0.39, 0.29) is 17.6 Å². The van der Waals surface area contributed by atoms with Crippen LogP contribution in [0.4, 0.5) is 11.5 Å². The molecule has 0 radical (unpaired) electrons. The van der Waals surface area contributed by atoms with Crippen molar-refractivity contribution in [3.63, 3.8) is 0 Å². The molecule has 0 spiro atoms. The van der Waals surface area contributed by atoms with Crippen molar-refractivity contribution in [2.75, 3.05) is 25.6 Å². The van der Waals surface area contributed by atoms with Crippen molar-refractivity contribution in [1.29, 1.82) is 0 Å². The molecule has 0 amide bonds. The van der Waals surface area contributed by atoms with Crippen LogP contribution in [0.25, 0.3) is 33.2 Å². The summed E-state index contributed by atoms with van der Waals surface area (Å²) >= 11 is 14.2. The minimum atomic E-state index is -0.551. The number of fused-ring (bicyclic) bond motifs is 2. The van der Waals surface area contributed by atoms with Gasteiger partial charge in [-0.1, -0.05) is 53.5 Å². The number of nitrogens with one attached hydrogen (secondary N) is 2. The molecule has 3 N–H and O–H groups in total. The first kappa shape index (κ1) is 31.5. The average Bonchev–Trinajstić information content (AvgIpc) is 3.47. The zero-order valence-electron chi connectivity index (χ0n) is 26.2. The summed E-state index contributed by atoms with van der Waals surface area (Å²) in [5.74, 6) is 0.939. The predicted molar refractivity (Wildman–Crippen MR) is 184 cm³/mol. The van der Waals surface area contributed by atoms with Gasteiger partial charge in [0.15, 0.2) is 0 Å². The largest absolute Gasteiger partial charge is 0.481 e. The van der Waals surface area contributed by atoms with Gasteiger partial charge < -0.3 is 25.2 Å². The first-order chi connectivity index (χ1) is 22.7. The first-order valence-corrected chi connectivity index (χ1v) is 16.3. The number of aryl methyl sites for hydroxylation is 3. The quantitative estimate of drug-likeness (QED) is 0.187. The van der Waals surface area contributed by atoms with Crippen molar-refractivity contribution in [3.05, 3.63) is 91.9 Å². The van der Waals surface area contributed by atoms with E-state index >= 15 is 0 Å². The van der Waals surface area contributed by atoms with Gasteiger partial charge in [-0.3, -0.25) is 4.79 Å². The third-order valence-corrected chi connectivity index (χ3v) is 9.78. The molecule has 47 heavy (non-hydrogen) atoms. The summed E-state index contributed by atoms with van der Waals surface area (Å²) in [5, 5.41) is 23.6. The smallest absolute Gasteiger partial charge is 0.278 e. The van der Waals surface area contributed by atoms with Gasteiger partial charge in [0, 0.05) is 59.1 Å². The number of aliphatic hydroxyl groups is 1. The Kier molecular flexibility index (Phi) is 8.63. The Bertz CT molecular complexity index is 2070. The summed E-state index contributed by atoms with van der Waals surface area (Å²) in [6.45, 7) is 2.82. The van der Waals surface area contributed by atoms with E-state index in [2.05, 4.69) is 26.8 Å². The molecule has 10 nitrogen and oxygen atoms in total. The number of aromatic nitrogens is 4. The van der Waals surface area contributed by atoms with Crippen molar-refractivity contribution in [3.8, 4) is 28.3 Å². The number of anilines is 2. The van der Waals surface area contributed by atoms with Gasteiger partial charge in [0.25, 0.3) is 5.56 Å². The Hall–Kier alpha value is -4.06. The molecular formula is C35H34Cl2N6O4. The predicted octanol–water partition coefficient (Wildman–Crippen LogP) is 6.15. The van der Waals surface area contributed by atoms with Crippen LogP contribution in [-0.2, 0) is 18.2 Å². The van der Waals surface area contributed by atoms with Crippen LogP contribution in [0.3, 0.4) is 0 Å². The third kappa shape index (κ3) is 5.85. The maximum atomic E-state index is 13.0. The molecule has 3 atom stereocenters. The second-order valence-electron chi connectivity index (χ2n) is 12.0. The molecule has 0 bridgehead atoms. The van der Waals surface area contributed by atoms with Crippen LogP contribution in [-0.4, -0.2) is 57.3 Å². The molecule has 2 aromatic carbocycles. The highest BCUT2D eigenvalue weighted by atomic mass is 35.5. The monoisotopic (exact) mass is 672 g/mol. The van der Waals surface area contributed by atoms with Crippen LogP contribution in [0.1, 0.15) is 35.7 Å². The van der Waals surface area contributed by atoms with E-state index in [0.29, 0.717) is 62.7 Å². The Balaban J connectivity index is 1.23. The Labute approximate surface area is 281 Å². The summed E-state index contributed by atoms with van der Waals surface area (Å²) in [7, 11) is 3.23. The summed E-state index contributed by atoms with van der Waals surface area (Å²) in [4.78, 5) is 22.6. The molecule has 4 heterocycles. The molecule has 1 saturated heterocycles. The lowest BCUT2D eigenvalue weighted by atomic mass is 9.99. The summed E-state index contributed by atoms with van der Waals surface area (Å²) in [6.07, 6.45) is 3.56. The fourth-order valence-electron chi connectivity index (χ4n) is 6.62. The number of hydrogen-bond acceptors (Lipinski definition) is 9. The molecule has 3 aromatic heterocycles. The first-order valence-electron chi connectivity index (χ1n) is 15.5. The highest BCUT2D eigenvalue weighted by Crippen LogP contribution is 2.44. The van der Waals surface area contributed by atoms with Crippen LogP contribution in [0.15, 0.2) is 59.5 Å². The number of benzene rings is 2. The molecular weight excluding hydrogens is 639 g/mol. The minimum Gasteiger partial charge on any atom is -0.481 e. The zero-order valence-corrected chi connectivity index (χ0v) is 27.7. The molecule has 12 heteroatoms. The fourth-order valence-corrected chi connectivity index (χ4v) is 7.22. The van der Waals surface area contributed by atoms with E-state index in [4.69, 9.17) is 37.7 Å². The molecule has 5 aromatic rings. The second kappa shape index (κ2) is 12.9. The molecule has 1 aliphatic carbocycles. The molecule has 2 aliphatic rings. The van der Waals surface area contributed by atoms with Gasteiger partial charge >= 0.3 is 0 Å². The molecule has 3 unspecified atom stereocenters. The highest BCUT2D eigenvalue weighted by Gasteiger charge is 2.33. The highest BCUT2D eigenvalue weighted by molar-refractivity contribution is 6.39. The van der Waals surface area contributed by atoms with Crippen LogP contribution >= 0.6 is 23.2 Å². The number of pyridine rings is 2. The van der Waals surface area contributed by atoms with Crippen molar-refractivity contribution in [1.82, 2.24) is 25.1 Å². The van der Waals surface area contributed by atoms with Crippen LogP contribution in [0.5, 0.6) is 5.88 Å². The number of rotatable bonds is 7. The maximum Gasteiger partial charge on any atom is 0.278 e. The average molecular weight is 674 g/mol. The van der Waals surface area contributed by atoms with Crippen molar-refractivity contribution < 1.29 is 14.6 Å². The number of halogens is 2. The molecule has 7 rings (SSSR count). The molecule has 1 fully saturated rings. The number of methoxy groups -OCH3 is 1. The minimum absolute atomic E-state index is 0.0200. The molecule has 1 aliphatic heterocycles. The normalized spacial score (nSPS) is 19.1. The lowest BCUT2D eigenvalue weighted by Gasteiger charge is -2.31. The zero-order chi connectivity index (χ0) is 32.8. The number of nitrogens with zero attached hydrogens (tertiary/aromatic N) is 4. The van der Waals surface area contributed by atoms with E-state index in [1.807, 2.05) is 49.4 Å². The van der Waals surface area contributed by atoms with Crippen LogP contribution in [0, 0.1) is 6.92 Å². The standard InChI is InChI=1S/C35H34Cl2N6O4/c1-18-14-20-16-38-43(2)35(45)30(20)33(39-18)41-26-9-5-7-22(32(26)37)21-6-4-8-23(31(21)36)27-15-19-10-11-25(29(19)34(42-27)46-3)40-24-12-13-47-17-28(24)44/h4-9,14-16,24-25,28,40,44H,10-13,17H2,1-3H3,(H,39,41). The van der Waals surface area contributed by atoms with Gasteiger partial charge in [0.1, 0.15) is 5.82 Å². The van der Waals surface area contributed by atoms with E-state index in [0.717, 1.165) is 47.2 Å². The lowest BCUT2D eigenvalue weighted by Crippen LogP contribution is -2.47. The SMILES string of the molecule is COc1nc(-c2cccc(-c3cccc(Nc4nc(C)cc5cnn(C)c(=O)c45)c3Cl)c2Cl)cc2c1C(NC1CCOCC1O)CC2. The van der Waals surface area contributed by atoms with Gasteiger partial charge in [-0.25, -0.2) is 14.6 Å². The second-order valence-corrected chi connectivity index (χ2v) is 12.7. The van der Waals surface area contributed by atoms with E-state index in [1.54, 1.807) is 20.4 Å². The van der Waals surface area contributed by atoms with E-state index in [1.165, 1.54) is 4.68 Å². The van der Waals surface area contributed by atoms with Gasteiger partial charge in [0.05, 0.1) is 52.8 Å². The number of ether oxygens (including phenoxy) is 2. The van der Waals surface area contributed by atoms with Crippen molar-refractivity contribution in [2.45, 2.75) is 44.4 Å². The van der Waals surface area contributed by atoms with Gasteiger partial charge in [-0.2, -0.15) is 5.10 Å². The maximum absolute atomic E-state index is 13.0. The number of hydrogen-bond donors (Lipinski definition) is 3.